The van der Waals surface area contributed by atoms with Gasteiger partial charge in [0.1, 0.15) is 0 Å². The van der Waals surface area contributed by atoms with Crippen LogP contribution in [0.1, 0.15) is 27.7 Å². The number of rotatable bonds is 7. The van der Waals surface area contributed by atoms with Gasteiger partial charge in [-0.3, -0.25) is 4.79 Å². The molecule has 2 rings (SSSR count). The van der Waals surface area contributed by atoms with Crippen LogP contribution in [0.5, 0.6) is 0 Å². The largest absolute Gasteiger partial charge is 0.349 e. The summed E-state index contributed by atoms with van der Waals surface area (Å²) in [7, 11) is 1.92. The van der Waals surface area contributed by atoms with Crippen molar-refractivity contribution in [3.05, 3.63) is 57.8 Å². The van der Waals surface area contributed by atoms with Crippen molar-refractivity contribution in [2.24, 2.45) is 0 Å². The molecule has 0 radical (unpaired) electrons. The molecule has 0 aliphatic carbocycles. The van der Waals surface area contributed by atoms with Crippen molar-refractivity contribution in [2.45, 2.75) is 25.8 Å². The quantitative estimate of drug-likeness (QED) is 0.826. The molecule has 0 aliphatic rings. The highest BCUT2D eigenvalue weighted by molar-refractivity contribution is 7.09. The maximum atomic E-state index is 12.4. The summed E-state index contributed by atoms with van der Waals surface area (Å²) >= 11 is 1.73. The van der Waals surface area contributed by atoms with Gasteiger partial charge >= 0.3 is 0 Å². The zero-order valence-corrected chi connectivity index (χ0v) is 13.4. The maximum absolute atomic E-state index is 12.4. The molecule has 1 aromatic heterocycles. The molecule has 1 heterocycles. The Balaban J connectivity index is 1.99. The molecule has 21 heavy (non-hydrogen) atoms. The molecule has 0 saturated heterocycles. The molecule has 0 bridgehead atoms. The van der Waals surface area contributed by atoms with E-state index in [0.29, 0.717) is 0 Å². The number of hydrogen-bond acceptors (Lipinski definition) is 3. The van der Waals surface area contributed by atoms with Crippen LogP contribution in [-0.2, 0) is 12.8 Å². The summed E-state index contributed by atoms with van der Waals surface area (Å²) in [6.07, 6.45) is 1.74. The van der Waals surface area contributed by atoms with Gasteiger partial charge in [0.15, 0.2) is 0 Å². The van der Waals surface area contributed by atoms with E-state index in [1.54, 1.807) is 11.3 Å². The highest BCUT2D eigenvalue weighted by atomic mass is 32.1. The molecule has 0 fully saturated rings. The Morgan fingerprint density at radius 3 is 2.76 bits per heavy atom. The monoisotopic (exact) mass is 302 g/mol. The highest BCUT2D eigenvalue weighted by Crippen LogP contribution is 2.13. The fraction of sp³-hybridized carbons (Fsp3) is 0.353. The molecular formula is C17H22N2OS. The highest BCUT2D eigenvalue weighted by Gasteiger charge is 2.13. The summed E-state index contributed by atoms with van der Waals surface area (Å²) in [5.74, 6) is 0.0192. The number of hydrogen-bond donors (Lipinski definition) is 2. The zero-order chi connectivity index (χ0) is 15.1. The summed E-state index contributed by atoms with van der Waals surface area (Å²) in [4.78, 5) is 13.7. The molecule has 2 aromatic rings. The lowest BCUT2D eigenvalue weighted by Crippen LogP contribution is -2.34. The topological polar surface area (TPSA) is 41.1 Å². The zero-order valence-electron chi connectivity index (χ0n) is 12.6. The first-order valence-electron chi connectivity index (χ1n) is 7.26. The van der Waals surface area contributed by atoms with Crippen LogP contribution in [0.2, 0.25) is 0 Å². The Morgan fingerprint density at radius 1 is 1.24 bits per heavy atom. The van der Waals surface area contributed by atoms with Crippen LogP contribution in [0, 0.1) is 0 Å². The average molecular weight is 302 g/mol. The SMILES string of the molecule is CNCCc1ccccc1C(=O)NC(C)Cc1cccs1. The van der Waals surface area contributed by atoms with Gasteiger partial charge in [0.05, 0.1) is 0 Å². The molecule has 3 nitrogen and oxygen atoms in total. The van der Waals surface area contributed by atoms with Crippen molar-refractivity contribution in [1.29, 1.82) is 0 Å². The first-order valence-corrected chi connectivity index (χ1v) is 8.14. The summed E-state index contributed by atoms with van der Waals surface area (Å²) in [6, 6.07) is 12.1. The van der Waals surface area contributed by atoms with Crippen LogP contribution in [-0.4, -0.2) is 25.5 Å². The summed E-state index contributed by atoms with van der Waals surface area (Å²) in [6.45, 7) is 2.92. The van der Waals surface area contributed by atoms with Gasteiger partial charge in [-0.25, -0.2) is 0 Å². The third-order valence-electron chi connectivity index (χ3n) is 3.37. The Hall–Kier alpha value is -1.65. The van der Waals surface area contributed by atoms with Gasteiger partial charge in [-0.15, -0.1) is 11.3 Å². The van der Waals surface area contributed by atoms with E-state index in [2.05, 4.69) is 22.1 Å². The number of thiophene rings is 1. The maximum Gasteiger partial charge on any atom is 0.251 e. The molecule has 0 spiro atoms. The van der Waals surface area contributed by atoms with E-state index >= 15 is 0 Å². The van der Waals surface area contributed by atoms with Crippen LogP contribution in [0.25, 0.3) is 0 Å². The smallest absolute Gasteiger partial charge is 0.251 e. The average Bonchev–Trinajstić information content (AvgIpc) is 2.98. The predicted octanol–water partition coefficient (Wildman–Crippen LogP) is 2.87. The number of carbonyl (C=O) groups excluding carboxylic acids is 1. The minimum Gasteiger partial charge on any atom is -0.349 e. The van der Waals surface area contributed by atoms with Crippen LogP contribution in [0.4, 0.5) is 0 Å². The van der Waals surface area contributed by atoms with Gasteiger partial charge in [-0.1, -0.05) is 24.3 Å². The molecule has 1 aromatic carbocycles. The molecule has 1 atom stereocenters. The van der Waals surface area contributed by atoms with Gasteiger partial charge in [-0.2, -0.15) is 0 Å². The van der Waals surface area contributed by atoms with E-state index in [-0.39, 0.29) is 11.9 Å². The van der Waals surface area contributed by atoms with Crippen molar-refractivity contribution >= 4 is 17.2 Å². The standard InChI is InChI=1S/C17H22N2OS/c1-13(12-15-7-5-11-21-15)19-17(20)16-8-4-3-6-14(16)9-10-18-2/h3-8,11,13,18H,9-10,12H2,1-2H3,(H,19,20). The molecule has 0 aliphatic heterocycles. The summed E-state index contributed by atoms with van der Waals surface area (Å²) < 4.78 is 0. The third-order valence-corrected chi connectivity index (χ3v) is 4.27. The normalized spacial score (nSPS) is 12.1. The van der Waals surface area contributed by atoms with Crippen molar-refractivity contribution in [3.63, 3.8) is 0 Å². The van der Waals surface area contributed by atoms with Gasteiger partial charge in [-0.05, 0) is 50.0 Å². The van der Waals surface area contributed by atoms with Gasteiger partial charge < -0.3 is 10.6 Å². The van der Waals surface area contributed by atoms with Gasteiger partial charge in [0.2, 0.25) is 0 Å². The fourth-order valence-corrected chi connectivity index (χ4v) is 3.14. The van der Waals surface area contributed by atoms with E-state index in [0.717, 1.165) is 30.5 Å². The van der Waals surface area contributed by atoms with Crippen molar-refractivity contribution in [1.82, 2.24) is 10.6 Å². The second-order valence-electron chi connectivity index (χ2n) is 5.17. The Labute approximate surface area is 130 Å². The van der Waals surface area contributed by atoms with Crippen molar-refractivity contribution in [3.8, 4) is 0 Å². The minimum absolute atomic E-state index is 0.0192. The van der Waals surface area contributed by atoms with Crippen molar-refractivity contribution < 1.29 is 4.79 Å². The molecule has 2 N–H and O–H groups in total. The van der Waals surface area contributed by atoms with E-state index in [4.69, 9.17) is 0 Å². The van der Waals surface area contributed by atoms with Crippen LogP contribution < -0.4 is 10.6 Å². The predicted molar refractivity (Wildman–Crippen MR) is 89.0 cm³/mol. The molecular weight excluding hydrogens is 280 g/mol. The Morgan fingerprint density at radius 2 is 2.05 bits per heavy atom. The summed E-state index contributed by atoms with van der Waals surface area (Å²) in [5, 5.41) is 8.29. The van der Waals surface area contributed by atoms with Crippen LogP contribution in [0.15, 0.2) is 41.8 Å². The number of benzene rings is 1. The first-order chi connectivity index (χ1) is 10.2. The number of nitrogens with one attached hydrogen (secondary N) is 2. The Kier molecular flexibility index (Phi) is 5.96. The number of likely N-dealkylation sites (N-methyl/N-ethyl adjacent to an activating group) is 1. The fourth-order valence-electron chi connectivity index (χ4n) is 2.30. The molecule has 1 amide bonds. The molecule has 0 saturated carbocycles. The van der Waals surface area contributed by atoms with E-state index in [1.165, 1.54) is 4.88 Å². The van der Waals surface area contributed by atoms with Crippen LogP contribution >= 0.6 is 11.3 Å². The van der Waals surface area contributed by atoms with E-state index in [1.807, 2.05) is 44.3 Å². The van der Waals surface area contributed by atoms with Gasteiger partial charge in [0.25, 0.3) is 5.91 Å². The second-order valence-corrected chi connectivity index (χ2v) is 6.20. The Bertz CT molecular complexity index is 566. The molecule has 4 heteroatoms. The lowest BCUT2D eigenvalue weighted by molar-refractivity contribution is 0.0939. The van der Waals surface area contributed by atoms with Crippen LogP contribution in [0.3, 0.4) is 0 Å². The molecule has 112 valence electrons. The van der Waals surface area contributed by atoms with Crippen molar-refractivity contribution in [2.75, 3.05) is 13.6 Å². The number of amides is 1. The lowest BCUT2D eigenvalue weighted by atomic mass is 10.0. The van der Waals surface area contributed by atoms with E-state index < -0.39 is 0 Å². The number of carbonyl (C=O) groups is 1. The first kappa shape index (κ1) is 15.7. The summed E-state index contributed by atoms with van der Waals surface area (Å²) in [5.41, 5.74) is 1.87. The third kappa shape index (κ3) is 4.69. The second kappa shape index (κ2) is 7.96. The van der Waals surface area contributed by atoms with E-state index in [9.17, 15) is 4.79 Å². The minimum atomic E-state index is 0.0192. The molecule has 1 unspecified atom stereocenters. The lowest BCUT2D eigenvalue weighted by Gasteiger charge is -2.15. The van der Waals surface area contributed by atoms with Gasteiger partial charge in [0, 0.05) is 22.9 Å².